The number of rotatable bonds is 4. The van der Waals surface area contributed by atoms with E-state index in [0.29, 0.717) is 17.2 Å². The number of ether oxygens (including phenoxy) is 1. The highest BCUT2D eigenvalue weighted by Crippen LogP contribution is 2.23. The predicted octanol–water partition coefficient (Wildman–Crippen LogP) is 2.06. The number of aryl methyl sites for hydroxylation is 1. The summed E-state index contributed by atoms with van der Waals surface area (Å²) in [6, 6.07) is 3.66. The van der Waals surface area contributed by atoms with Crippen molar-refractivity contribution in [2.75, 3.05) is 11.5 Å². The fourth-order valence-corrected chi connectivity index (χ4v) is 4.49. The van der Waals surface area contributed by atoms with Crippen molar-refractivity contribution in [3.8, 4) is 0 Å². The Morgan fingerprint density at radius 3 is 2.83 bits per heavy atom. The predicted molar refractivity (Wildman–Crippen MR) is 70.8 cm³/mol. The van der Waals surface area contributed by atoms with E-state index < -0.39 is 15.9 Å². The van der Waals surface area contributed by atoms with Crippen LogP contribution >= 0.6 is 22.9 Å². The van der Waals surface area contributed by atoms with E-state index in [0.717, 1.165) is 4.88 Å². The van der Waals surface area contributed by atoms with Crippen LogP contribution in [0.15, 0.2) is 12.1 Å². The highest BCUT2D eigenvalue weighted by Gasteiger charge is 2.30. The van der Waals surface area contributed by atoms with Gasteiger partial charge in [0.05, 0.1) is 22.3 Å². The standard InChI is InChI=1S/C11H13ClO4S2/c12-10-3-1-9(17-10)2-4-11(13)16-8-5-6-18(14,15)7-8/h1,3,8H,2,4-7H2. The SMILES string of the molecule is O=C(CCc1ccc(Cl)s1)OC1CCS(=O)(=O)C1. The molecule has 0 radical (unpaired) electrons. The summed E-state index contributed by atoms with van der Waals surface area (Å²) in [5.74, 6) is -0.267. The van der Waals surface area contributed by atoms with Crippen molar-refractivity contribution < 1.29 is 17.9 Å². The van der Waals surface area contributed by atoms with E-state index in [1.165, 1.54) is 11.3 Å². The van der Waals surface area contributed by atoms with E-state index in [4.69, 9.17) is 16.3 Å². The Morgan fingerprint density at radius 2 is 2.28 bits per heavy atom. The van der Waals surface area contributed by atoms with Crippen LogP contribution < -0.4 is 0 Å². The summed E-state index contributed by atoms with van der Waals surface area (Å²) in [4.78, 5) is 12.6. The van der Waals surface area contributed by atoms with E-state index in [1.54, 1.807) is 6.07 Å². The lowest BCUT2D eigenvalue weighted by Crippen LogP contribution is -2.19. The minimum Gasteiger partial charge on any atom is -0.461 e. The second-order valence-corrected chi connectivity index (χ2v) is 8.25. The molecule has 1 aromatic rings. The van der Waals surface area contributed by atoms with Crippen molar-refractivity contribution >= 4 is 38.7 Å². The molecule has 2 heterocycles. The second kappa shape index (κ2) is 5.59. The van der Waals surface area contributed by atoms with Crippen LogP contribution in [0.3, 0.4) is 0 Å². The molecule has 1 aliphatic heterocycles. The zero-order chi connectivity index (χ0) is 13.2. The van der Waals surface area contributed by atoms with E-state index in [2.05, 4.69) is 0 Å². The third-order valence-electron chi connectivity index (χ3n) is 2.69. The minimum atomic E-state index is -3.00. The molecule has 0 amide bonds. The maximum atomic E-state index is 11.5. The zero-order valence-corrected chi connectivity index (χ0v) is 12.0. The third kappa shape index (κ3) is 3.96. The second-order valence-electron chi connectivity index (χ2n) is 4.22. The van der Waals surface area contributed by atoms with E-state index in [-0.39, 0.29) is 23.9 Å². The van der Waals surface area contributed by atoms with Crippen molar-refractivity contribution in [3.63, 3.8) is 0 Å². The minimum absolute atomic E-state index is 0.0381. The first-order chi connectivity index (χ1) is 8.44. The zero-order valence-electron chi connectivity index (χ0n) is 9.60. The number of carbonyl (C=O) groups excluding carboxylic acids is 1. The van der Waals surface area contributed by atoms with Gasteiger partial charge in [-0.1, -0.05) is 11.6 Å². The summed E-state index contributed by atoms with van der Waals surface area (Å²) in [7, 11) is -3.00. The molecule has 1 fully saturated rings. The number of carbonyl (C=O) groups is 1. The molecule has 4 nitrogen and oxygen atoms in total. The first kappa shape index (κ1) is 13.8. The van der Waals surface area contributed by atoms with E-state index in [1.807, 2.05) is 6.07 Å². The van der Waals surface area contributed by atoms with E-state index >= 15 is 0 Å². The van der Waals surface area contributed by atoms with Crippen LogP contribution in [0.4, 0.5) is 0 Å². The average molecular weight is 309 g/mol. The molecule has 1 aromatic heterocycles. The van der Waals surface area contributed by atoms with Gasteiger partial charge >= 0.3 is 5.97 Å². The molecule has 1 aliphatic rings. The number of sulfone groups is 1. The Labute approximate surface area is 115 Å². The Hall–Kier alpha value is -0.590. The van der Waals surface area contributed by atoms with Gasteiger partial charge in [-0.2, -0.15) is 0 Å². The molecule has 0 bridgehead atoms. The smallest absolute Gasteiger partial charge is 0.306 e. The van der Waals surface area contributed by atoms with Crippen LogP contribution in [0.2, 0.25) is 4.34 Å². The Balaban J connectivity index is 1.76. The topological polar surface area (TPSA) is 60.4 Å². The molecule has 100 valence electrons. The number of esters is 1. The van der Waals surface area contributed by atoms with Crippen LogP contribution in [0.1, 0.15) is 17.7 Å². The van der Waals surface area contributed by atoms with Gasteiger partial charge in [0.25, 0.3) is 0 Å². The van der Waals surface area contributed by atoms with Crippen molar-refractivity contribution in [1.82, 2.24) is 0 Å². The lowest BCUT2D eigenvalue weighted by Gasteiger charge is -2.09. The van der Waals surface area contributed by atoms with Crippen molar-refractivity contribution in [2.24, 2.45) is 0 Å². The molecule has 0 aromatic carbocycles. The first-order valence-corrected chi connectivity index (χ1v) is 8.60. The van der Waals surface area contributed by atoms with Gasteiger partial charge in [-0.3, -0.25) is 4.79 Å². The van der Waals surface area contributed by atoms with Gasteiger partial charge < -0.3 is 4.74 Å². The summed E-state index contributed by atoms with van der Waals surface area (Å²) in [5.41, 5.74) is 0. The lowest BCUT2D eigenvalue weighted by molar-refractivity contribution is -0.147. The quantitative estimate of drug-likeness (QED) is 0.799. The average Bonchev–Trinajstić information content (AvgIpc) is 2.82. The summed E-state index contributed by atoms with van der Waals surface area (Å²) < 4.78 is 28.2. The molecule has 1 saturated heterocycles. The highest BCUT2D eigenvalue weighted by atomic mass is 35.5. The number of thiophene rings is 1. The molecular weight excluding hydrogens is 296 g/mol. The van der Waals surface area contributed by atoms with Crippen LogP contribution in [-0.2, 0) is 25.8 Å². The van der Waals surface area contributed by atoms with Crippen LogP contribution in [-0.4, -0.2) is 32.0 Å². The fraction of sp³-hybridized carbons (Fsp3) is 0.545. The maximum Gasteiger partial charge on any atom is 0.306 e. The Kier molecular flexibility index (Phi) is 4.29. The number of halogens is 1. The largest absolute Gasteiger partial charge is 0.461 e. The molecule has 18 heavy (non-hydrogen) atoms. The third-order valence-corrected chi connectivity index (χ3v) is 5.72. The molecule has 7 heteroatoms. The Morgan fingerprint density at radius 1 is 1.50 bits per heavy atom. The molecule has 0 N–H and O–H groups in total. The molecule has 1 atom stereocenters. The van der Waals surface area contributed by atoms with Gasteiger partial charge in [0.15, 0.2) is 9.84 Å². The molecule has 1 unspecified atom stereocenters. The van der Waals surface area contributed by atoms with Gasteiger partial charge in [-0.25, -0.2) is 8.42 Å². The van der Waals surface area contributed by atoms with Gasteiger partial charge in [0.2, 0.25) is 0 Å². The van der Waals surface area contributed by atoms with Crippen molar-refractivity contribution in [2.45, 2.75) is 25.4 Å². The summed E-state index contributed by atoms with van der Waals surface area (Å²) >= 11 is 7.21. The molecule has 0 spiro atoms. The van der Waals surface area contributed by atoms with E-state index in [9.17, 15) is 13.2 Å². The van der Waals surface area contributed by atoms with Crippen LogP contribution in [0.25, 0.3) is 0 Å². The Bertz CT molecular complexity index is 535. The van der Waals surface area contributed by atoms with Crippen LogP contribution in [0, 0.1) is 0 Å². The van der Waals surface area contributed by atoms with Crippen molar-refractivity contribution in [1.29, 1.82) is 0 Å². The first-order valence-electron chi connectivity index (χ1n) is 5.59. The van der Waals surface area contributed by atoms with Gasteiger partial charge in [0, 0.05) is 4.88 Å². The number of hydrogen-bond donors (Lipinski definition) is 0. The van der Waals surface area contributed by atoms with Gasteiger partial charge in [-0.15, -0.1) is 11.3 Å². The monoisotopic (exact) mass is 308 g/mol. The molecule has 0 aliphatic carbocycles. The molecule has 0 saturated carbocycles. The number of hydrogen-bond acceptors (Lipinski definition) is 5. The van der Waals surface area contributed by atoms with Crippen molar-refractivity contribution in [3.05, 3.63) is 21.3 Å². The van der Waals surface area contributed by atoms with Gasteiger partial charge in [-0.05, 0) is 25.0 Å². The normalized spacial score (nSPS) is 21.9. The summed E-state index contributed by atoms with van der Waals surface area (Å²) in [6.45, 7) is 0. The fourth-order valence-electron chi connectivity index (χ4n) is 1.81. The lowest BCUT2D eigenvalue weighted by atomic mass is 10.2. The van der Waals surface area contributed by atoms with Crippen LogP contribution in [0.5, 0.6) is 0 Å². The molecule has 2 rings (SSSR count). The molecular formula is C11H13ClO4S2. The highest BCUT2D eigenvalue weighted by molar-refractivity contribution is 7.91. The van der Waals surface area contributed by atoms with Gasteiger partial charge in [0.1, 0.15) is 6.10 Å². The summed E-state index contributed by atoms with van der Waals surface area (Å²) in [6.07, 6.45) is 0.788. The summed E-state index contributed by atoms with van der Waals surface area (Å²) in [5, 5.41) is 0. The maximum absolute atomic E-state index is 11.5.